The molecule has 0 aromatic rings. The maximum Gasteiger partial charge on any atom is 0.306 e. The van der Waals surface area contributed by atoms with Crippen LogP contribution in [0.15, 0.2) is 23.3 Å². The molecule has 0 heterocycles. The molecule has 0 saturated heterocycles. The molecular weight excluding hydrogens is 576 g/mol. The van der Waals surface area contributed by atoms with Crippen LogP contribution in [0.5, 0.6) is 0 Å². The van der Waals surface area contributed by atoms with E-state index in [4.69, 9.17) is 4.74 Å². The van der Waals surface area contributed by atoms with Crippen molar-refractivity contribution in [3.05, 3.63) is 23.3 Å². The summed E-state index contributed by atoms with van der Waals surface area (Å²) in [5.41, 5.74) is -5.30. The van der Waals surface area contributed by atoms with Crippen LogP contribution >= 0.6 is 0 Å². The van der Waals surface area contributed by atoms with Gasteiger partial charge >= 0.3 is 11.9 Å². The molecule has 45 heavy (non-hydrogen) atoms. The molecule has 0 aromatic carbocycles. The molecule has 4 aliphatic rings. The van der Waals surface area contributed by atoms with Crippen LogP contribution in [-0.2, 0) is 19.1 Å². The van der Waals surface area contributed by atoms with E-state index >= 15 is 0 Å². The van der Waals surface area contributed by atoms with Crippen molar-refractivity contribution in [1.29, 1.82) is 0 Å². The number of esters is 1. The molecule has 9 heteroatoms. The van der Waals surface area contributed by atoms with Gasteiger partial charge in [0.15, 0.2) is 5.78 Å². The Kier molecular flexibility index (Phi) is 10.8. The summed E-state index contributed by atoms with van der Waals surface area (Å²) < 4.78 is 6.04. The lowest BCUT2D eigenvalue weighted by molar-refractivity contribution is -0.221. The van der Waals surface area contributed by atoms with E-state index in [-0.39, 0.29) is 19.3 Å². The van der Waals surface area contributed by atoms with Crippen LogP contribution in [0.1, 0.15) is 118 Å². The summed E-state index contributed by atoms with van der Waals surface area (Å²) in [7, 11) is 0. The zero-order valence-corrected chi connectivity index (χ0v) is 27.9. The fourth-order valence-corrected chi connectivity index (χ4v) is 9.30. The maximum absolute atomic E-state index is 13.5. The number of carboxylic acid groups (broad SMARTS) is 1. The number of carbonyl (C=O) groups excluding carboxylic acids is 2. The van der Waals surface area contributed by atoms with E-state index in [1.807, 2.05) is 13.8 Å². The molecule has 254 valence electrons. The Morgan fingerprint density at radius 2 is 1.58 bits per heavy atom. The number of carboxylic acids is 1. The van der Waals surface area contributed by atoms with Gasteiger partial charge < -0.3 is 30.3 Å². The van der Waals surface area contributed by atoms with Crippen LogP contribution in [0, 0.1) is 35.0 Å². The molecular formula is C36H56O9. The fourth-order valence-electron chi connectivity index (χ4n) is 9.30. The first-order valence-corrected chi connectivity index (χ1v) is 17.2. The summed E-state index contributed by atoms with van der Waals surface area (Å²) in [5.74, 6) is -5.76. The van der Waals surface area contributed by atoms with E-state index in [1.54, 1.807) is 26.0 Å². The van der Waals surface area contributed by atoms with Crippen molar-refractivity contribution in [2.45, 2.75) is 141 Å². The number of carbonyl (C=O) groups is 3. The van der Waals surface area contributed by atoms with Crippen molar-refractivity contribution in [1.82, 2.24) is 0 Å². The highest BCUT2D eigenvalue weighted by Crippen LogP contribution is 2.75. The van der Waals surface area contributed by atoms with Crippen molar-refractivity contribution >= 4 is 17.7 Å². The molecule has 9 nitrogen and oxygen atoms in total. The number of aliphatic carboxylic acids is 1. The highest BCUT2D eigenvalue weighted by atomic mass is 16.6. The smallest absolute Gasteiger partial charge is 0.306 e. The second kappa shape index (κ2) is 13.6. The predicted molar refractivity (Wildman–Crippen MR) is 169 cm³/mol. The molecule has 2 saturated carbocycles. The number of fused-ring (bicyclic) bond motifs is 5. The molecule has 0 radical (unpaired) electrons. The Morgan fingerprint density at radius 1 is 0.978 bits per heavy atom. The van der Waals surface area contributed by atoms with Crippen LogP contribution in [0.3, 0.4) is 0 Å². The third kappa shape index (κ3) is 6.31. The van der Waals surface area contributed by atoms with Crippen LogP contribution in [0.25, 0.3) is 0 Å². The van der Waals surface area contributed by atoms with E-state index < -0.39 is 82.2 Å². The number of rotatable bonds is 16. The molecule has 5 N–H and O–H groups in total. The van der Waals surface area contributed by atoms with Crippen molar-refractivity contribution in [2.24, 2.45) is 35.0 Å². The number of ketones is 1. The van der Waals surface area contributed by atoms with E-state index in [0.29, 0.717) is 17.6 Å². The van der Waals surface area contributed by atoms with Gasteiger partial charge in [0.2, 0.25) is 0 Å². The first kappa shape index (κ1) is 35.8. The summed E-state index contributed by atoms with van der Waals surface area (Å²) >= 11 is 0. The highest BCUT2D eigenvalue weighted by Gasteiger charge is 2.85. The van der Waals surface area contributed by atoms with Gasteiger partial charge in [-0.05, 0) is 30.4 Å². The number of hydrogen-bond acceptors (Lipinski definition) is 8. The van der Waals surface area contributed by atoms with Gasteiger partial charge in [-0.25, -0.2) is 0 Å². The SMILES string of the molecule is CCCCCCCCCCCC(CC(=O)O)CC(=O)O[C@@H]1[C@@H](C)[C@@]2(O)[C@@H](C=C(CO)C[C@]3(O)C(=O)C(C)=C[C@@H]23)[C@@H]2C(C)(C)[C@]12O. The minimum absolute atomic E-state index is 0.116. The van der Waals surface area contributed by atoms with E-state index in [0.717, 1.165) is 25.7 Å². The zero-order chi connectivity index (χ0) is 33.4. The molecule has 4 aliphatic carbocycles. The van der Waals surface area contributed by atoms with Crippen molar-refractivity contribution in [2.75, 3.05) is 6.61 Å². The zero-order valence-electron chi connectivity index (χ0n) is 27.9. The standard InChI is InChI=1S/C36H56O9/c1-6-7-8-9-10-11-12-13-14-15-24(18-28(38)39)19-29(40)45-32-23(3)35(43)26(30-33(4,5)36(30,32)44)17-25(21-37)20-34(42)27(35)16-22(2)31(34)41/h16-17,23-24,26-27,30,32,37,42-44H,6-15,18-21H2,1-5H3,(H,38,39)/t23-,24?,26+,27-,30-,32-,34-,35-,36-/m1/s1. The third-order valence-corrected chi connectivity index (χ3v) is 11.9. The summed E-state index contributed by atoms with van der Waals surface area (Å²) in [6, 6.07) is 0. The average Bonchev–Trinajstić information content (AvgIpc) is 3.36. The van der Waals surface area contributed by atoms with Gasteiger partial charge in [-0.15, -0.1) is 0 Å². The second-order valence-electron chi connectivity index (χ2n) is 15.2. The second-order valence-corrected chi connectivity index (χ2v) is 15.2. The van der Waals surface area contributed by atoms with Crippen molar-refractivity contribution in [3.8, 4) is 0 Å². The number of hydrogen-bond donors (Lipinski definition) is 5. The minimum Gasteiger partial charge on any atom is -0.481 e. The molecule has 0 aromatic heterocycles. The Morgan fingerprint density at radius 3 is 2.16 bits per heavy atom. The Hall–Kier alpha value is -2.07. The van der Waals surface area contributed by atoms with E-state index in [2.05, 4.69) is 6.92 Å². The number of ether oxygens (including phenoxy) is 1. The van der Waals surface area contributed by atoms with Gasteiger partial charge in [0, 0.05) is 48.3 Å². The van der Waals surface area contributed by atoms with Gasteiger partial charge in [-0.1, -0.05) is 97.6 Å². The van der Waals surface area contributed by atoms with Gasteiger partial charge in [-0.2, -0.15) is 0 Å². The monoisotopic (exact) mass is 632 g/mol. The maximum atomic E-state index is 13.5. The van der Waals surface area contributed by atoms with Crippen LogP contribution in [0.2, 0.25) is 0 Å². The van der Waals surface area contributed by atoms with E-state index in [9.17, 15) is 39.9 Å². The first-order chi connectivity index (χ1) is 21.1. The number of Topliss-reactive ketones (excluding diaryl/α,β-unsaturated/α-hetero) is 1. The molecule has 4 rings (SSSR count). The summed E-state index contributed by atoms with van der Waals surface area (Å²) in [5, 5.41) is 56.2. The molecule has 0 aliphatic heterocycles. The minimum atomic E-state index is -1.97. The van der Waals surface area contributed by atoms with Gasteiger partial charge in [0.1, 0.15) is 17.3 Å². The summed E-state index contributed by atoms with van der Waals surface area (Å²) in [6.45, 7) is 8.75. The Bertz CT molecular complexity index is 1190. The van der Waals surface area contributed by atoms with Gasteiger partial charge in [-0.3, -0.25) is 14.4 Å². The highest BCUT2D eigenvalue weighted by molar-refractivity contribution is 6.04. The van der Waals surface area contributed by atoms with Crippen LogP contribution < -0.4 is 0 Å². The van der Waals surface area contributed by atoms with Crippen molar-refractivity contribution < 1.29 is 44.7 Å². The quantitative estimate of drug-likeness (QED) is 0.0907. The molecule has 2 fully saturated rings. The molecule has 0 amide bonds. The molecule has 1 unspecified atom stereocenters. The Labute approximate surface area is 268 Å². The van der Waals surface area contributed by atoms with Gasteiger partial charge in [0.25, 0.3) is 0 Å². The normalized spacial score (nSPS) is 37.0. The number of unbranched alkanes of at least 4 members (excludes halogenated alkanes) is 8. The third-order valence-electron chi connectivity index (χ3n) is 11.9. The Balaban J connectivity index is 1.50. The lowest BCUT2D eigenvalue weighted by atomic mass is 9.59. The molecule has 0 bridgehead atoms. The lowest BCUT2D eigenvalue weighted by Gasteiger charge is -2.52. The summed E-state index contributed by atoms with van der Waals surface area (Å²) in [4.78, 5) is 38.4. The van der Waals surface area contributed by atoms with Crippen LogP contribution in [0.4, 0.5) is 0 Å². The van der Waals surface area contributed by atoms with E-state index in [1.165, 1.54) is 32.1 Å². The molecule has 0 spiro atoms. The van der Waals surface area contributed by atoms with Gasteiger partial charge in [0.05, 0.1) is 12.2 Å². The summed E-state index contributed by atoms with van der Waals surface area (Å²) in [6.07, 6.45) is 12.5. The largest absolute Gasteiger partial charge is 0.481 e. The topological polar surface area (TPSA) is 162 Å². The predicted octanol–water partition coefficient (Wildman–Crippen LogP) is 4.88. The average molecular weight is 633 g/mol. The van der Waals surface area contributed by atoms with Crippen molar-refractivity contribution in [3.63, 3.8) is 0 Å². The molecule has 9 atom stereocenters. The number of aliphatic hydroxyl groups excluding tert-OH is 1. The lowest BCUT2D eigenvalue weighted by Crippen LogP contribution is -2.65. The first-order valence-electron chi connectivity index (χ1n) is 17.2. The number of aliphatic hydroxyl groups is 4. The van der Waals surface area contributed by atoms with Crippen LogP contribution in [-0.4, -0.2) is 72.8 Å². The fraction of sp³-hybridized carbons (Fsp3) is 0.806.